The van der Waals surface area contributed by atoms with Gasteiger partial charge in [-0.25, -0.2) is 0 Å². The van der Waals surface area contributed by atoms with Crippen LogP contribution in [0.1, 0.15) is 37.8 Å². The molecule has 2 aromatic rings. The fourth-order valence-corrected chi connectivity index (χ4v) is 9.34. The number of carbonyl (C=O) groups excluding carboxylic acids is 1. The van der Waals surface area contributed by atoms with Gasteiger partial charge in [0.15, 0.2) is 0 Å². The van der Waals surface area contributed by atoms with Gasteiger partial charge in [-0.2, -0.15) is 0 Å². The van der Waals surface area contributed by atoms with Crippen molar-refractivity contribution in [3.8, 4) is 0 Å². The van der Waals surface area contributed by atoms with E-state index < -0.39 is 20.3 Å². The van der Waals surface area contributed by atoms with E-state index in [0.29, 0.717) is 0 Å². The topological polar surface area (TPSA) is 43.4 Å². The van der Waals surface area contributed by atoms with Gasteiger partial charge in [0.2, 0.25) is 0 Å². The van der Waals surface area contributed by atoms with Gasteiger partial charge in [-0.1, -0.05) is 60.7 Å². The number of fused-ring (bicyclic) bond motifs is 3. The standard InChI is InChI=1S/C26H28O3S/c1-24-20(16-18-10-6-4-7-11-18)21(17-19-12-8-5-9-13-19)25(2,30(24)28)26(14-15-26)22(24)23(27)29-3/h4-13,22H,14-17H2,1-3H3/t22-,24?,25-,30?/m1/s1. The summed E-state index contributed by atoms with van der Waals surface area (Å²) in [4.78, 5) is 13.0. The molecule has 2 heterocycles. The molecule has 2 aliphatic heterocycles. The quantitative estimate of drug-likeness (QED) is 0.523. The average molecular weight is 421 g/mol. The first kappa shape index (κ1) is 19.7. The van der Waals surface area contributed by atoms with E-state index in [2.05, 4.69) is 50.2 Å². The van der Waals surface area contributed by atoms with Crippen molar-refractivity contribution in [2.45, 2.75) is 49.0 Å². The summed E-state index contributed by atoms with van der Waals surface area (Å²) in [7, 11) is 0.289. The van der Waals surface area contributed by atoms with Crippen LogP contribution in [0.25, 0.3) is 0 Å². The molecule has 30 heavy (non-hydrogen) atoms. The van der Waals surface area contributed by atoms with Gasteiger partial charge in [0, 0.05) is 16.2 Å². The minimum Gasteiger partial charge on any atom is -0.469 e. The molecule has 0 radical (unpaired) electrons. The highest BCUT2D eigenvalue weighted by molar-refractivity contribution is 7.89. The number of ether oxygens (including phenoxy) is 1. The van der Waals surface area contributed by atoms with E-state index in [1.807, 2.05) is 24.3 Å². The molecule has 0 aromatic heterocycles. The Hall–Kier alpha value is -2.20. The second-order valence-corrected chi connectivity index (χ2v) is 11.5. The molecule has 4 heteroatoms. The molecular formula is C26H28O3S. The molecule has 0 N–H and O–H groups in total. The Balaban J connectivity index is 1.71. The highest BCUT2D eigenvalue weighted by atomic mass is 32.2. The van der Waals surface area contributed by atoms with Crippen molar-refractivity contribution in [1.82, 2.24) is 0 Å². The third-order valence-corrected chi connectivity index (χ3v) is 10.7. The Morgan fingerprint density at radius 2 is 1.43 bits per heavy atom. The van der Waals surface area contributed by atoms with Gasteiger partial charge < -0.3 is 4.74 Å². The second kappa shape index (κ2) is 6.65. The lowest BCUT2D eigenvalue weighted by Gasteiger charge is -2.40. The van der Waals surface area contributed by atoms with Crippen LogP contribution in [0.4, 0.5) is 0 Å². The molecule has 0 amide bonds. The van der Waals surface area contributed by atoms with Crippen LogP contribution in [0, 0.1) is 11.3 Å². The van der Waals surface area contributed by atoms with Crippen molar-refractivity contribution in [3.63, 3.8) is 0 Å². The number of carbonyl (C=O) groups is 1. The van der Waals surface area contributed by atoms with Crippen LogP contribution in [-0.2, 0) is 33.2 Å². The lowest BCUT2D eigenvalue weighted by molar-refractivity contribution is -0.149. The number of benzene rings is 2. The minimum absolute atomic E-state index is 0.198. The Morgan fingerprint density at radius 3 is 1.90 bits per heavy atom. The molecule has 1 spiro atoms. The van der Waals surface area contributed by atoms with E-state index in [1.54, 1.807) is 0 Å². The molecule has 1 saturated carbocycles. The highest BCUT2D eigenvalue weighted by Gasteiger charge is 2.82. The maximum Gasteiger partial charge on any atom is 0.311 e. The van der Waals surface area contributed by atoms with E-state index in [1.165, 1.54) is 29.4 Å². The van der Waals surface area contributed by atoms with Gasteiger partial charge in [0.05, 0.1) is 22.5 Å². The first-order valence-corrected chi connectivity index (χ1v) is 11.8. The number of rotatable bonds is 5. The largest absolute Gasteiger partial charge is 0.469 e. The van der Waals surface area contributed by atoms with Crippen molar-refractivity contribution in [2.24, 2.45) is 11.3 Å². The molecular weight excluding hydrogens is 392 g/mol. The van der Waals surface area contributed by atoms with E-state index >= 15 is 0 Å². The summed E-state index contributed by atoms with van der Waals surface area (Å²) in [6, 6.07) is 20.8. The summed E-state index contributed by atoms with van der Waals surface area (Å²) < 4.78 is 18.3. The maximum absolute atomic E-state index is 14.2. The van der Waals surface area contributed by atoms with Crippen molar-refractivity contribution in [3.05, 3.63) is 82.9 Å². The van der Waals surface area contributed by atoms with Gasteiger partial charge in [0.25, 0.3) is 0 Å². The van der Waals surface area contributed by atoms with Crippen LogP contribution in [0.5, 0.6) is 0 Å². The van der Waals surface area contributed by atoms with Crippen molar-refractivity contribution < 1.29 is 13.7 Å². The maximum atomic E-state index is 14.2. The molecule has 1 saturated heterocycles. The predicted molar refractivity (Wildman–Crippen MR) is 119 cm³/mol. The molecule has 4 atom stereocenters. The zero-order valence-electron chi connectivity index (χ0n) is 17.8. The summed E-state index contributed by atoms with van der Waals surface area (Å²) in [6.45, 7) is 4.22. The minimum atomic E-state index is -1.17. The van der Waals surface area contributed by atoms with E-state index in [0.717, 1.165) is 25.7 Å². The second-order valence-electron chi connectivity index (χ2n) is 9.30. The van der Waals surface area contributed by atoms with Gasteiger partial charge in [0.1, 0.15) is 0 Å². The van der Waals surface area contributed by atoms with E-state index in [9.17, 15) is 9.00 Å². The zero-order valence-corrected chi connectivity index (χ0v) is 18.6. The number of esters is 1. The lowest BCUT2D eigenvalue weighted by Crippen LogP contribution is -2.47. The predicted octanol–water partition coefficient (Wildman–Crippen LogP) is 4.63. The van der Waals surface area contributed by atoms with Crippen molar-refractivity contribution in [2.75, 3.05) is 7.11 Å². The van der Waals surface area contributed by atoms with Crippen LogP contribution in [-0.4, -0.2) is 26.8 Å². The summed E-state index contributed by atoms with van der Waals surface area (Å²) in [6.07, 6.45) is 3.41. The first-order chi connectivity index (χ1) is 14.4. The summed E-state index contributed by atoms with van der Waals surface area (Å²) in [5, 5.41) is 0. The molecule has 2 aromatic carbocycles. The van der Waals surface area contributed by atoms with Crippen LogP contribution >= 0.6 is 0 Å². The fourth-order valence-electron chi connectivity index (χ4n) is 6.43. The molecule has 3 aliphatic rings. The summed E-state index contributed by atoms with van der Waals surface area (Å²) in [5.41, 5.74) is 4.67. The molecule has 5 rings (SSSR count). The molecule has 2 bridgehead atoms. The van der Waals surface area contributed by atoms with Crippen LogP contribution in [0.3, 0.4) is 0 Å². The highest BCUT2D eigenvalue weighted by Crippen LogP contribution is 2.78. The number of methoxy groups -OCH3 is 1. The Morgan fingerprint density at radius 1 is 0.933 bits per heavy atom. The van der Waals surface area contributed by atoms with E-state index in [4.69, 9.17) is 4.74 Å². The Kier molecular flexibility index (Phi) is 4.38. The molecule has 156 valence electrons. The monoisotopic (exact) mass is 420 g/mol. The van der Waals surface area contributed by atoms with Crippen LogP contribution in [0.2, 0.25) is 0 Å². The zero-order chi connectivity index (χ0) is 21.1. The van der Waals surface area contributed by atoms with Crippen LogP contribution < -0.4 is 0 Å². The normalized spacial score (nSPS) is 33.2. The fraction of sp³-hybridized carbons (Fsp3) is 0.423. The lowest BCUT2D eigenvalue weighted by atomic mass is 9.60. The van der Waals surface area contributed by atoms with Gasteiger partial charge >= 0.3 is 5.97 Å². The number of hydrogen-bond acceptors (Lipinski definition) is 3. The van der Waals surface area contributed by atoms with Crippen molar-refractivity contribution >= 4 is 16.8 Å². The SMILES string of the molecule is COC(=O)[C@@H]1C2(C)C(Cc3ccccc3)=C(Cc3ccccc3)[C@@](C)(S2=O)C12CC2. The summed E-state index contributed by atoms with van der Waals surface area (Å²) in [5.74, 6) is -0.532. The number of hydrogen-bond donors (Lipinski definition) is 0. The van der Waals surface area contributed by atoms with Crippen molar-refractivity contribution in [1.29, 1.82) is 0 Å². The van der Waals surface area contributed by atoms with Gasteiger partial charge in [-0.15, -0.1) is 0 Å². The smallest absolute Gasteiger partial charge is 0.311 e. The Bertz CT molecular complexity index is 1050. The van der Waals surface area contributed by atoms with Gasteiger partial charge in [-0.05, 0) is 61.8 Å². The molecule has 2 fully saturated rings. The summed E-state index contributed by atoms with van der Waals surface area (Å²) >= 11 is 0. The van der Waals surface area contributed by atoms with Gasteiger partial charge in [-0.3, -0.25) is 9.00 Å². The third kappa shape index (κ3) is 2.37. The average Bonchev–Trinajstić information content (AvgIpc) is 3.52. The molecule has 3 nitrogen and oxygen atoms in total. The molecule has 2 unspecified atom stereocenters. The molecule has 1 aliphatic carbocycles. The first-order valence-electron chi connectivity index (χ1n) is 10.7. The third-order valence-electron chi connectivity index (χ3n) is 8.02. The Labute approximate surface area is 181 Å². The van der Waals surface area contributed by atoms with Crippen LogP contribution in [0.15, 0.2) is 71.8 Å². The van der Waals surface area contributed by atoms with E-state index in [-0.39, 0.29) is 17.3 Å².